The highest BCUT2D eigenvalue weighted by Crippen LogP contribution is 2.40. The number of nitrogens with one attached hydrogen (secondary N) is 2. The summed E-state index contributed by atoms with van der Waals surface area (Å²) in [6, 6.07) is 17.2. The number of anilines is 2. The van der Waals surface area contributed by atoms with Crippen LogP contribution in [-0.4, -0.2) is 19.3 Å². The van der Waals surface area contributed by atoms with Crippen LogP contribution in [0.4, 0.5) is 11.4 Å². The Morgan fingerprint density at radius 3 is 2.70 bits per heavy atom. The average Bonchev–Trinajstić information content (AvgIpc) is 3.26. The summed E-state index contributed by atoms with van der Waals surface area (Å²) in [5.41, 5.74) is 5.21. The van der Waals surface area contributed by atoms with Crippen molar-refractivity contribution in [2.75, 3.05) is 10.0 Å². The molecule has 0 aromatic heterocycles. The molecule has 7 nitrogen and oxygen atoms in total. The smallest absolute Gasteiger partial charge is 0.261 e. The van der Waals surface area contributed by atoms with E-state index in [1.165, 1.54) is 19.1 Å². The normalized spacial score (nSPS) is 19.3. The van der Waals surface area contributed by atoms with Crippen molar-refractivity contribution in [3.8, 4) is 0 Å². The van der Waals surface area contributed by atoms with Crippen molar-refractivity contribution in [2.45, 2.75) is 43.6 Å². The van der Waals surface area contributed by atoms with Crippen LogP contribution in [0.3, 0.4) is 0 Å². The molecule has 170 valence electrons. The number of aliphatic hydroxyl groups is 1. The number of carbonyl (C=O) groups is 1. The van der Waals surface area contributed by atoms with Crippen LogP contribution in [0.1, 0.15) is 58.1 Å². The first-order valence-electron chi connectivity index (χ1n) is 10.7. The highest BCUT2D eigenvalue weighted by atomic mass is 32.2. The fourth-order valence-electron chi connectivity index (χ4n) is 4.36. The Labute approximate surface area is 192 Å². The predicted octanol–water partition coefficient (Wildman–Crippen LogP) is 4.31. The van der Waals surface area contributed by atoms with Crippen molar-refractivity contribution >= 4 is 27.2 Å². The highest BCUT2D eigenvalue weighted by molar-refractivity contribution is 7.92. The number of Topliss-reactive ketones (excluding diaryl/α,β-unsaturated/α-hetero) is 1. The molecule has 0 saturated heterocycles. The summed E-state index contributed by atoms with van der Waals surface area (Å²) < 4.78 is 34.0. The molecule has 33 heavy (non-hydrogen) atoms. The maximum absolute atomic E-state index is 13.0. The molecule has 2 atom stereocenters. The van der Waals surface area contributed by atoms with E-state index in [-0.39, 0.29) is 16.7 Å². The molecule has 0 spiro atoms. The fraction of sp³-hybridized carbons (Fsp3) is 0.240. The molecule has 2 aliphatic heterocycles. The standard InChI is InChI=1S/C25H24N2O5S/c1-15(28)16-3-2-4-17(9-16)24-12-25(29)22-11-21(7-8-23(22)26-24)33(30,31)27-20-6-5-18-13-32-14-19(18)10-20/h2-11,24-27,29H,12-14H2,1H3. The summed E-state index contributed by atoms with van der Waals surface area (Å²) in [6.45, 7) is 2.53. The summed E-state index contributed by atoms with van der Waals surface area (Å²) in [5, 5.41) is 14.2. The van der Waals surface area contributed by atoms with Gasteiger partial charge in [0.25, 0.3) is 10.0 Å². The van der Waals surface area contributed by atoms with Gasteiger partial charge in [-0.05, 0) is 60.0 Å². The highest BCUT2D eigenvalue weighted by Gasteiger charge is 2.28. The van der Waals surface area contributed by atoms with Crippen molar-refractivity contribution < 1.29 is 23.1 Å². The lowest BCUT2D eigenvalue weighted by atomic mass is 9.90. The molecule has 2 aliphatic rings. The Kier molecular flexibility index (Phi) is 5.44. The molecule has 3 aromatic rings. The number of fused-ring (bicyclic) bond motifs is 2. The molecule has 0 bridgehead atoms. The van der Waals surface area contributed by atoms with Gasteiger partial charge >= 0.3 is 0 Å². The van der Waals surface area contributed by atoms with Crippen LogP contribution >= 0.6 is 0 Å². The van der Waals surface area contributed by atoms with E-state index in [1.807, 2.05) is 24.3 Å². The number of rotatable bonds is 5. The van der Waals surface area contributed by atoms with Crippen molar-refractivity contribution in [2.24, 2.45) is 0 Å². The van der Waals surface area contributed by atoms with E-state index in [9.17, 15) is 18.3 Å². The Hall–Kier alpha value is -3.20. The maximum Gasteiger partial charge on any atom is 0.261 e. The molecular formula is C25H24N2O5S. The second-order valence-corrected chi connectivity index (χ2v) is 10.1. The van der Waals surface area contributed by atoms with E-state index in [2.05, 4.69) is 10.0 Å². The summed E-state index contributed by atoms with van der Waals surface area (Å²) in [4.78, 5) is 11.8. The average molecular weight is 465 g/mol. The Morgan fingerprint density at radius 1 is 1.06 bits per heavy atom. The minimum Gasteiger partial charge on any atom is -0.388 e. The van der Waals surface area contributed by atoms with Crippen LogP contribution in [-0.2, 0) is 28.0 Å². The zero-order chi connectivity index (χ0) is 23.2. The summed E-state index contributed by atoms with van der Waals surface area (Å²) in [7, 11) is -3.84. The zero-order valence-electron chi connectivity index (χ0n) is 18.0. The molecule has 0 saturated carbocycles. The summed E-state index contributed by atoms with van der Waals surface area (Å²) in [5.74, 6) is -0.0214. The lowest BCUT2D eigenvalue weighted by Gasteiger charge is -2.31. The van der Waals surface area contributed by atoms with Gasteiger partial charge in [-0.15, -0.1) is 0 Å². The van der Waals surface area contributed by atoms with Gasteiger partial charge in [0.2, 0.25) is 0 Å². The Bertz CT molecular complexity index is 1350. The zero-order valence-corrected chi connectivity index (χ0v) is 18.9. The Balaban J connectivity index is 1.39. The topological polar surface area (TPSA) is 105 Å². The van der Waals surface area contributed by atoms with E-state index in [4.69, 9.17) is 4.74 Å². The SMILES string of the molecule is CC(=O)c1cccc(C2CC(O)c3cc(S(=O)(=O)Nc4ccc5c(c4)COC5)ccc3N2)c1. The minimum atomic E-state index is -3.84. The van der Waals surface area contributed by atoms with E-state index in [0.29, 0.717) is 42.1 Å². The number of carbonyl (C=O) groups excluding carboxylic acids is 1. The number of sulfonamides is 1. The largest absolute Gasteiger partial charge is 0.388 e. The second kappa shape index (κ2) is 8.30. The van der Waals surface area contributed by atoms with Gasteiger partial charge in [0.15, 0.2) is 5.78 Å². The number of ketones is 1. The number of ether oxygens (including phenoxy) is 1. The predicted molar refractivity (Wildman–Crippen MR) is 125 cm³/mol. The number of aliphatic hydroxyl groups excluding tert-OH is 1. The van der Waals surface area contributed by atoms with Crippen molar-refractivity contribution in [1.29, 1.82) is 0 Å². The molecular weight excluding hydrogens is 440 g/mol. The summed E-state index contributed by atoms with van der Waals surface area (Å²) in [6.07, 6.45) is -0.490. The molecule has 2 heterocycles. The molecule has 2 unspecified atom stereocenters. The van der Waals surface area contributed by atoms with Crippen molar-refractivity contribution in [1.82, 2.24) is 0 Å². The number of benzene rings is 3. The van der Waals surface area contributed by atoms with Gasteiger partial charge in [0, 0.05) is 28.9 Å². The second-order valence-electron chi connectivity index (χ2n) is 8.46. The van der Waals surface area contributed by atoms with Crippen LogP contribution in [0.2, 0.25) is 0 Å². The van der Waals surface area contributed by atoms with Gasteiger partial charge in [0.1, 0.15) is 0 Å². The van der Waals surface area contributed by atoms with Gasteiger partial charge in [-0.3, -0.25) is 9.52 Å². The molecule has 0 radical (unpaired) electrons. The van der Waals surface area contributed by atoms with Gasteiger partial charge < -0.3 is 15.2 Å². The molecule has 3 N–H and O–H groups in total. The molecule has 8 heteroatoms. The van der Waals surface area contributed by atoms with Gasteiger partial charge in [-0.2, -0.15) is 0 Å². The van der Waals surface area contributed by atoms with Crippen molar-refractivity contribution in [3.05, 3.63) is 88.5 Å². The first kappa shape index (κ1) is 21.6. The minimum absolute atomic E-state index is 0.0214. The maximum atomic E-state index is 13.0. The molecule has 0 aliphatic carbocycles. The van der Waals surface area contributed by atoms with Crippen LogP contribution in [0.25, 0.3) is 0 Å². The third-order valence-corrected chi connectivity index (χ3v) is 7.53. The summed E-state index contributed by atoms with van der Waals surface area (Å²) >= 11 is 0. The lowest BCUT2D eigenvalue weighted by molar-refractivity contribution is 0.101. The fourth-order valence-corrected chi connectivity index (χ4v) is 5.44. The van der Waals surface area contributed by atoms with Crippen LogP contribution in [0.15, 0.2) is 65.6 Å². The Morgan fingerprint density at radius 2 is 1.88 bits per heavy atom. The van der Waals surface area contributed by atoms with Crippen molar-refractivity contribution in [3.63, 3.8) is 0 Å². The third kappa shape index (κ3) is 4.25. The van der Waals surface area contributed by atoms with Gasteiger partial charge in [-0.25, -0.2) is 8.42 Å². The van der Waals surface area contributed by atoms with E-state index in [1.54, 1.807) is 24.3 Å². The monoisotopic (exact) mass is 464 g/mol. The first-order chi connectivity index (χ1) is 15.8. The molecule has 0 amide bonds. The quantitative estimate of drug-likeness (QED) is 0.486. The van der Waals surface area contributed by atoms with E-state index >= 15 is 0 Å². The third-order valence-electron chi connectivity index (χ3n) is 6.15. The van der Waals surface area contributed by atoms with E-state index in [0.717, 1.165) is 16.7 Å². The van der Waals surface area contributed by atoms with Crippen LogP contribution < -0.4 is 10.0 Å². The molecule has 3 aromatic carbocycles. The first-order valence-corrected chi connectivity index (χ1v) is 12.2. The van der Waals surface area contributed by atoms with Gasteiger partial charge in [0.05, 0.1) is 30.3 Å². The van der Waals surface area contributed by atoms with Crippen LogP contribution in [0.5, 0.6) is 0 Å². The van der Waals surface area contributed by atoms with Gasteiger partial charge in [-0.1, -0.05) is 24.3 Å². The molecule has 5 rings (SSSR count). The van der Waals surface area contributed by atoms with E-state index < -0.39 is 16.1 Å². The number of hydrogen-bond acceptors (Lipinski definition) is 6. The lowest BCUT2D eigenvalue weighted by Crippen LogP contribution is -2.22. The number of hydrogen-bond donors (Lipinski definition) is 3. The molecule has 0 fully saturated rings. The van der Waals surface area contributed by atoms with Crippen LogP contribution in [0, 0.1) is 0 Å².